The third kappa shape index (κ3) is 3.33. The van der Waals surface area contributed by atoms with E-state index in [2.05, 4.69) is 10.3 Å². The molecular formula is C18H20N2O3. The molecule has 2 aromatic rings. The molecule has 1 heterocycles. The van der Waals surface area contributed by atoms with Crippen molar-refractivity contribution < 1.29 is 14.3 Å². The molecule has 5 nitrogen and oxygen atoms in total. The molecule has 0 radical (unpaired) electrons. The van der Waals surface area contributed by atoms with Gasteiger partial charge in [-0.25, -0.2) is 4.79 Å². The third-order valence-corrected chi connectivity index (χ3v) is 3.96. The van der Waals surface area contributed by atoms with Gasteiger partial charge in [0.15, 0.2) is 6.10 Å². The number of fused-ring (bicyclic) bond motifs is 1. The Hall–Kier alpha value is -2.43. The predicted octanol–water partition coefficient (Wildman–Crippen LogP) is 2.79. The van der Waals surface area contributed by atoms with Crippen molar-refractivity contribution in [2.24, 2.45) is 0 Å². The van der Waals surface area contributed by atoms with Crippen molar-refractivity contribution in [1.29, 1.82) is 0 Å². The smallest absolute Gasteiger partial charge is 0.339 e. The minimum atomic E-state index is -0.821. The molecule has 1 N–H and O–H groups in total. The third-order valence-electron chi connectivity index (χ3n) is 3.96. The molecule has 120 valence electrons. The van der Waals surface area contributed by atoms with E-state index in [1.54, 1.807) is 6.92 Å². The van der Waals surface area contributed by atoms with E-state index < -0.39 is 12.1 Å². The summed E-state index contributed by atoms with van der Waals surface area (Å²) in [6.07, 6.45) is 1.39. The average Bonchev–Trinajstić information content (AvgIpc) is 3.38. The Kier molecular flexibility index (Phi) is 4.28. The van der Waals surface area contributed by atoms with Crippen molar-refractivity contribution in [1.82, 2.24) is 10.3 Å². The van der Waals surface area contributed by atoms with Crippen LogP contribution in [0.1, 0.15) is 48.7 Å². The summed E-state index contributed by atoms with van der Waals surface area (Å²) >= 11 is 0. The number of rotatable bonds is 5. The summed E-state index contributed by atoms with van der Waals surface area (Å²) in [6.45, 7) is 3.91. The fourth-order valence-electron chi connectivity index (χ4n) is 2.55. The van der Waals surface area contributed by atoms with Crippen LogP contribution < -0.4 is 5.32 Å². The highest BCUT2D eigenvalue weighted by molar-refractivity contribution is 6.04. The molecule has 1 fully saturated rings. The van der Waals surface area contributed by atoms with Crippen molar-refractivity contribution >= 4 is 22.8 Å². The molecule has 23 heavy (non-hydrogen) atoms. The number of hydrogen-bond acceptors (Lipinski definition) is 4. The summed E-state index contributed by atoms with van der Waals surface area (Å²) in [5.41, 5.74) is 2.20. The van der Waals surface area contributed by atoms with E-state index in [-0.39, 0.29) is 5.91 Å². The number of likely N-dealkylation sites (N-methyl/N-ethyl adjacent to an activating group) is 1. The Labute approximate surface area is 135 Å². The van der Waals surface area contributed by atoms with Crippen LogP contribution in [0.4, 0.5) is 0 Å². The van der Waals surface area contributed by atoms with Gasteiger partial charge in [0.2, 0.25) is 0 Å². The number of pyridine rings is 1. The maximum atomic E-state index is 12.5. The SMILES string of the molecule is CCNC(=O)[C@H](C)OC(=O)c1cc(C2CC2)nc2ccccc12. The van der Waals surface area contributed by atoms with E-state index in [1.165, 1.54) is 0 Å². The van der Waals surface area contributed by atoms with Crippen LogP contribution in [-0.2, 0) is 9.53 Å². The van der Waals surface area contributed by atoms with Gasteiger partial charge in [0, 0.05) is 23.5 Å². The summed E-state index contributed by atoms with van der Waals surface area (Å²) in [4.78, 5) is 28.9. The lowest BCUT2D eigenvalue weighted by Gasteiger charge is -2.14. The van der Waals surface area contributed by atoms with E-state index >= 15 is 0 Å². The molecule has 1 amide bonds. The molecule has 3 rings (SSSR count). The maximum absolute atomic E-state index is 12.5. The van der Waals surface area contributed by atoms with Crippen molar-refractivity contribution in [3.8, 4) is 0 Å². The van der Waals surface area contributed by atoms with Crippen LogP contribution in [0.3, 0.4) is 0 Å². The zero-order valence-corrected chi connectivity index (χ0v) is 13.3. The molecule has 1 saturated carbocycles. The topological polar surface area (TPSA) is 68.3 Å². The molecule has 0 aliphatic heterocycles. The number of para-hydroxylation sites is 1. The van der Waals surface area contributed by atoms with E-state index in [0.717, 1.165) is 29.4 Å². The van der Waals surface area contributed by atoms with E-state index in [0.29, 0.717) is 18.0 Å². The number of amides is 1. The van der Waals surface area contributed by atoms with Gasteiger partial charge >= 0.3 is 5.97 Å². The zero-order chi connectivity index (χ0) is 16.4. The van der Waals surface area contributed by atoms with Gasteiger partial charge in [0.05, 0.1) is 11.1 Å². The van der Waals surface area contributed by atoms with Crippen LogP contribution in [0.15, 0.2) is 30.3 Å². The Bertz CT molecular complexity index is 753. The number of nitrogens with zero attached hydrogens (tertiary/aromatic N) is 1. The van der Waals surface area contributed by atoms with Crippen LogP contribution in [-0.4, -0.2) is 29.5 Å². The first-order valence-electron chi connectivity index (χ1n) is 7.98. The molecule has 5 heteroatoms. The van der Waals surface area contributed by atoms with Crippen LogP contribution >= 0.6 is 0 Å². The number of carbonyl (C=O) groups excluding carboxylic acids is 2. The van der Waals surface area contributed by atoms with Crippen molar-refractivity contribution in [3.05, 3.63) is 41.6 Å². The first-order valence-corrected chi connectivity index (χ1v) is 7.98. The second-order valence-electron chi connectivity index (χ2n) is 5.83. The zero-order valence-electron chi connectivity index (χ0n) is 13.3. The number of carbonyl (C=O) groups is 2. The van der Waals surface area contributed by atoms with Gasteiger partial charge in [-0.15, -0.1) is 0 Å². The molecule has 1 aromatic heterocycles. The average molecular weight is 312 g/mol. The quantitative estimate of drug-likeness (QED) is 0.862. The first kappa shape index (κ1) is 15.5. The van der Waals surface area contributed by atoms with Crippen molar-refractivity contribution in [3.63, 3.8) is 0 Å². The summed E-state index contributed by atoms with van der Waals surface area (Å²) in [5, 5.41) is 3.41. The second kappa shape index (κ2) is 6.36. The number of benzene rings is 1. The minimum absolute atomic E-state index is 0.290. The van der Waals surface area contributed by atoms with Crippen molar-refractivity contribution in [2.45, 2.75) is 38.7 Å². The van der Waals surface area contributed by atoms with Crippen molar-refractivity contribution in [2.75, 3.05) is 6.54 Å². The standard InChI is InChI=1S/C18H20N2O3/c1-3-19-17(21)11(2)23-18(22)14-10-16(12-8-9-12)20-15-7-5-4-6-13(14)15/h4-7,10-12H,3,8-9H2,1-2H3,(H,19,21)/t11-/m0/s1. The fourth-order valence-corrected chi connectivity index (χ4v) is 2.55. The van der Waals surface area contributed by atoms with Gasteiger partial charge in [-0.1, -0.05) is 18.2 Å². The van der Waals surface area contributed by atoms with E-state index in [9.17, 15) is 9.59 Å². The molecule has 1 aliphatic rings. The Morgan fingerprint density at radius 1 is 1.35 bits per heavy atom. The van der Waals surface area contributed by atoms with E-state index in [1.807, 2.05) is 37.3 Å². The van der Waals surface area contributed by atoms with Gasteiger partial charge in [-0.3, -0.25) is 9.78 Å². The molecule has 0 bridgehead atoms. The second-order valence-corrected chi connectivity index (χ2v) is 5.83. The molecule has 0 spiro atoms. The highest BCUT2D eigenvalue weighted by Crippen LogP contribution is 2.40. The normalized spacial score (nSPS) is 15.2. The summed E-state index contributed by atoms with van der Waals surface area (Å²) in [7, 11) is 0. The molecule has 0 unspecified atom stereocenters. The van der Waals surface area contributed by atoms with Gasteiger partial charge in [0.1, 0.15) is 0 Å². The van der Waals surface area contributed by atoms with Crippen LogP contribution in [0.2, 0.25) is 0 Å². The molecule has 1 aliphatic carbocycles. The van der Waals surface area contributed by atoms with Crippen LogP contribution in [0.25, 0.3) is 10.9 Å². The van der Waals surface area contributed by atoms with Gasteiger partial charge in [-0.2, -0.15) is 0 Å². The van der Waals surface area contributed by atoms with Gasteiger partial charge in [-0.05, 0) is 38.8 Å². The monoisotopic (exact) mass is 312 g/mol. The Balaban J connectivity index is 1.91. The summed E-state index contributed by atoms with van der Waals surface area (Å²) in [5.74, 6) is -0.335. The Morgan fingerprint density at radius 2 is 2.09 bits per heavy atom. The number of esters is 1. The molecular weight excluding hydrogens is 292 g/mol. The highest BCUT2D eigenvalue weighted by Gasteiger charge is 2.28. The lowest BCUT2D eigenvalue weighted by molar-refractivity contribution is -0.128. The lowest BCUT2D eigenvalue weighted by Crippen LogP contribution is -2.35. The number of hydrogen-bond donors (Lipinski definition) is 1. The highest BCUT2D eigenvalue weighted by atomic mass is 16.5. The minimum Gasteiger partial charge on any atom is -0.449 e. The number of nitrogens with one attached hydrogen (secondary N) is 1. The van der Waals surface area contributed by atoms with Gasteiger partial charge < -0.3 is 10.1 Å². The first-order chi connectivity index (χ1) is 11.1. The number of aromatic nitrogens is 1. The summed E-state index contributed by atoms with van der Waals surface area (Å²) < 4.78 is 5.34. The largest absolute Gasteiger partial charge is 0.449 e. The van der Waals surface area contributed by atoms with Gasteiger partial charge in [0.25, 0.3) is 5.91 Å². The molecule has 1 aromatic carbocycles. The van der Waals surface area contributed by atoms with Crippen LogP contribution in [0.5, 0.6) is 0 Å². The maximum Gasteiger partial charge on any atom is 0.339 e. The molecule has 1 atom stereocenters. The molecule has 0 saturated heterocycles. The Morgan fingerprint density at radius 3 is 2.78 bits per heavy atom. The van der Waals surface area contributed by atoms with E-state index in [4.69, 9.17) is 4.74 Å². The summed E-state index contributed by atoms with van der Waals surface area (Å²) in [6, 6.07) is 9.33. The van der Waals surface area contributed by atoms with Crippen LogP contribution in [0, 0.1) is 0 Å². The predicted molar refractivity (Wildman–Crippen MR) is 87.3 cm³/mol. The number of ether oxygens (including phenoxy) is 1. The fraction of sp³-hybridized carbons (Fsp3) is 0.389. The lowest BCUT2D eigenvalue weighted by atomic mass is 10.1.